The standard InChI is InChI=1S/C18H22N4O3/c1-22(2)9-8-20-17(23)13-10-14(12-19-11-13)18(24)21-15-6-4-5-7-16(15)25-3/h4-7,10-12H,8-9H2,1-3H3,(H,20,23)(H,21,24). The predicted octanol–water partition coefficient (Wildman–Crippen LogP) is 1.63. The van der Waals surface area contributed by atoms with E-state index in [1.165, 1.54) is 25.6 Å². The lowest BCUT2D eigenvalue weighted by Gasteiger charge is -2.11. The van der Waals surface area contributed by atoms with Crippen LogP contribution in [-0.2, 0) is 0 Å². The molecule has 2 aromatic rings. The first-order valence-electron chi connectivity index (χ1n) is 7.83. The fourth-order valence-electron chi connectivity index (χ4n) is 2.13. The van der Waals surface area contributed by atoms with Crippen LogP contribution in [0.4, 0.5) is 5.69 Å². The number of carbonyl (C=O) groups excluding carboxylic acids is 2. The highest BCUT2D eigenvalue weighted by molar-refractivity contribution is 6.06. The van der Waals surface area contributed by atoms with Crippen LogP contribution in [0, 0.1) is 0 Å². The van der Waals surface area contributed by atoms with Crippen molar-refractivity contribution < 1.29 is 14.3 Å². The van der Waals surface area contributed by atoms with E-state index in [2.05, 4.69) is 15.6 Å². The fourth-order valence-corrected chi connectivity index (χ4v) is 2.13. The van der Waals surface area contributed by atoms with E-state index in [9.17, 15) is 9.59 Å². The number of aromatic nitrogens is 1. The Balaban J connectivity index is 2.07. The van der Waals surface area contributed by atoms with Crippen LogP contribution in [0.1, 0.15) is 20.7 Å². The third-order valence-corrected chi connectivity index (χ3v) is 3.46. The number of hydrogen-bond donors (Lipinski definition) is 2. The van der Waals surface area contributed by atoms with E-state index in [1.807, 2.05) is 25.1 Å². The molecule has 0 bridgehead atoms. The molecule has 0 saturated carbocycles. The van der Waals surface area contributed by atoms with Crippen molar-refractivity contribution in [2.75, 3.05) is 39.6 Å². The second kappa shape index (κ2) is 8.79. The Kier molecular flexibility index (Phi) is 6.47. The molecule has 0 fully saturated rings. The van der Waals surface area contributed by atoms with Gasteiger partial charge in [-0.2, -0.15) is 0 Å². The monoisotopic (exact) mass is 342 g/mol. The van der Waals surface area contributed by atoms with Gasteiger partial charge in [0.1, 0.15) is 5.75 Å². The highest BCUT2D eigenvalue weighted by Crippen LogP contribution is 2.23. The topological polar surface area (TPSA) is 83.6 Å². The van der Waals surface area contributed by atoms with Crippen LogP contribution in [-0.4, -0.2) is 56.0 Å². The molecule has 0 spiro atoms. The van der Waals surface area contributed by atoms with Gasteiger partial charge in [0, 0.05) is 25.5 Å². The average Bonchev–Trinajstić information content (AvgIpc) is 2.61. The molecule has 25 heavy (non-hydrogen) atoms. The van der Waals surface area contributed by atoms with Gasteiger partial charge in [-0.1, -0.05) is 12.1 Å². The second-order valence-corrected chi connectivity index (χ2v) is 5.68. The summed E-state index contributed by atoms with van der Waals surface area (Å²) < 4.78 is 5.21. The van der Waals surface area contributed by atoms with E-state index in [-0.39, 0.29) is 11.8 Å². The number of hydrogen-bond acceptors (Lipinski definition) is 5. The van der Waals surface area contributed by atoms with Crippen LogP contribution in [0.25, 0.3) is 0 Å². The van der Waals surface area contributed by atoms with E-state index in [0.717, 1.165) is 6.54 Å². The first-order valence-corrected chi connectivity index (χ1v) is 7.83. The van der Waals surface area contributed by atoms with Crippen LogP contribution in [0.15, 0.2) is 42.7 Å². The van der Waals surface area contributed by atoms with Crippen molar-refractivity contribution in [2.24, 2.45) is 0 Å². The van der Waals surface area contributed by atoms with Gasteiger partial charge in [-0.05, 0) is 32.3 Å². The van der Waals surface area contributed by atoms with Crippen LogP contribution in [0.5, 0.6) is 5.75 Å². The molecule has 2 N–H and O–H groups in total. The molecule has 0 atom stereocenters. The summed E-state index contributed by atoms with van der Waals surface area (Å²) in [7, 11) is 5.39. The van der Waals surface area contributed by atoms with Crippen molar-refractivity contribution in [1.29, 1.82) is 0 Å². The fraction of sp³-hybridized carbons (Fsp3) is 0.278. The molecule has 1 aromatic heterocycles. The Bertz CT molecular complexity index is 747. The zero-order valence-corrected chi connectivity index (χ0v) is 14.6. The lowest BCUT2D eigenvalue weighted by atomic mass is 10.1. The van der Waals surface area contributed by atoms with Crippen molar-refractivity contribution in [3.8, 4) is 5.75 Å². The molecule has 2 amide bonds. The Morgan fingerprint density at radius 1 is 1.12 bits per heavy atom. The molecule has 0 unspecified atom stereocenters. The Labute approximate surface area is 147 Å². The number of pyridine rings is 1. The van der Waals surface area contributed by atoms with Gasteiger partial charge in [-0.3, -0.25) is 14.6 Å². The maximum atomic E-state index is 12.4. The Morgan fingerprint density at radius 3 is 2.48 bits per heavy atom. The minimum absolute atomic E-state index is 0.263. The number of likely N-dealkylation sites (N-methyl/N-ethyl adjacent to an activating group) is 1. The van der Waals surface area contributed by atoms with Gasteiger partial charge in [0.2, 0.25) is 0 Å². The molecule has 132 valence electrons. The summed E-state index contributed by atoms with van der Waals surface area (Å²) in [5.74, 6) is -0.0670. The molecule has 0 aliphatic carbocycles. The van der Waals surface area contributed by atoms with E-state index < -0.39 is 0 Å². The molecule has 2 rings (SSSR count). The number of methoxy groups -OCH3 is 1. The van der Waals surface area contributed by atoms with E-state index in [4.69, 9.17) is 4.74 Å². The predicted molar refractivity (Wildman–Crippen MR) is 96.1 cm³/mol. The van der Waals surface area contributed by atoms with Crippen molar-refractivity contribution in [2.45, 2.75) is 0 Å². The van der Waals surface area contributed by atoms with Gasteiger partial charge < -0.3 is 20.3 Å². The molecule has 1 aromatic carbocycles. The molecular formula is C18H22N4O3. The smallest absolute Gasteiger partial charge is 0.257 e. The zero-order chi connectivity index (χ0) is 18.2. The highest BCUT2D eigenvalue weighted by Gasteiger charge is 2.13. The average molecular weight is 342 g/mol. The summed E-state index contributed by atoms with van der Waals surface area (Å²) in [5, 5.41) is 5.55. The molecule has 1 heterocycles. The van der Waals surface area contributed by atoms with Crippen LogP contribution in [0.2, 0.25) is 0 Å². The Morgan fingerprint density at radius 2 is 1.80 bits per heavy atom. The summed E-state index contributed by atoms with van der Waals surface area (Å²) in [4.78, 5) is 30.5. The maximum Gasteiger partial charge on any atom is 0.257 e. The maximum absolute atomic E-state index is 12.4. The van der Waals surface area contributed by atoms with E-state index in [1.54, 1.807) is 18.2 Å². The van der Waals surface area contributed by atoms with Gasteiger partial charge in [0.15, 0.2) is 0 Å². The molecule has 7 nitrogen and oxygen atoms in total. The number of carbonyl (C=O) groups is 2. The third kappa shape index (κ3) is 5.29. The lowest BCUT2D eigenvalue weighted by molar-refractivity contribution is 0.0950. The number of nitrogens with zero attached hydrogens (tertiary/aromatic N) is 2. The van der Waals surface area contributed by atoms with Crippen molar-refractivity contribution in [3.05, 3.63) is 53.9 Å². The second-order valence-electron chi connectivity index (χ2n) is 5.68. The van der Waals surface area contributed by atoms with Gasteiger partial charge >= 0.3 is 0 Å². The Hall–Kier alpha value is -2.93. The highest BCUT2D eigenvalue weighted by atomic mass is 16.5. The van der Waals surface area contributed by atoms with Crippen molar-refractivity contribution in [1.82, 2.24) is 15.2 Å². The molecular weight excluding hydrogens is 320 g/mol. The number of anilines is 1. The molecule has 0 aliphatic rings. The van der Waals surface area contributed by atoms with Gasteiger partial charge in [-0.15, -0.1) is 0 Å². The van der Waals surface area contributed by atoms with Crippen LogP contribution in [0.3, 0.4) is 0 Å². The SMILES string of the molecule is COc1ccccc1NC(=O)c1cncc(C(=O)NCCN(C)C)c1. The van der Waals surface area contributed by atoms with Gasteiger partial charge in [-0.25, -0.2) is 0 Å². The number of rotatable bonds is 7. The summed E-state index contributed by atoms with van der Waals surface area (Å²) in [6.07, 6.45) is 2.85. The first kappa shape index (κ1) is 18.4. The molecule has 0 saturated heterocycles. The van der Waals surface area contributed by atoms with Gasteiger partial charge in [0.25, 0.3) is 11.8 Å². The zero-order valence-electron chi connectivity index (χ0n) is 14.6. The summed E-state index contributed by atoms with van der Waals surface area (Å²) in [6.45, 7) is 1.25. The van der Waals surface area contributed by atoms with E-state index >= 15 is 0 Å². The largest absolute Gasteiger partial charge is 0.495 e. The van der Waals surface area contributed by atoms with E-state index in [0.29, 0.717) is 29.1 Å². The van der Waals surface area contributed by atoms with Crippen LogP contribution >= 0.6 is 0 Å². The minimum Gasteiger partial charge on any atom is -0.495 e. The number of ether oxygens (including phenoxy) is 1. The first-order chi connectivity index (χ1) is 12.0. The van der Waals surface area contributed by atoms with Crippen molar-refractivity contribution in [3.63, 3.8) is 0 Å². The lowest BCUT2D eigenvalue weighted by Crippen LogP contribution is -2.31. The third-order valence-electron chi connectivity index (χ3n) is 3.46. The normalized spacial score (nSPS) is 10.4. The minimum atomic E-state index is -0.361. The molecule has 7 heteroatoms. The summed E-state index contributed by atoms with van der Waals surface area (Å²) in [6, 6.07) is 8.62. The summed E-state index contributed by atoms with van der Waals surface area (Å²) in [5.41, 5.74) is 1.19. The summed E-state index contributed by atoms with van der Waals surface area (Å²) >= 11 is 0. The number of nitrogens with one attached hydrogen (secondary N) is 2. The number of amides is 2. The molecule has 0 aliphatic heterocycles. The molecule has 0 radical (unpaired) electrons. The number of benzene rings is 1. The van der Waals surface area contributed by atoms with Crippen LogP contribution < -0.4 is 15.4 Å². The number of para-hydroxylation sites is 2. The quantitative estimate of drug-likeness (QED) is 0.799. The van der Waals surface area contributed by atoms with Gasteiger partial charge in [0.05, 0.1) is 23.9 Å². The van der Waals surface area contributed by atoms with Crippen molar-refractivity contribution >= 4 is 17.5 Å².